The molecule has 0 aliphatic heterocycles. The van der Waals surface area contributed by atoms with Crippen LogP contribution in [0.15, 0.2) is 33.8 Å². The summed E-state index contributed by atoms with van der Waals surface area (Å²) in [6.07, 6.45) is 1.58. The first-order chi connectivity index (χ1) is 11.2. The molecule has 0 radical (unpaired) electrons. The maximum Gasteiger partial charge on any atom is 0.228 e. The summed E-state index contributed by atoms with van der Waals surface area (Å²) in [6.45, 7) is 3.29. The van der Waals surface area contributed by atoms with Crippen molar-refractivity contribution in [3.8, 4) is 5.75 Å². The molecule has 0 aliphatic carbocycles. The Bertz CT molecular complexity index is 628. The van der Waals surface area contributed by atoms with Crippen LogP contribution in [-0.4, -0.2) is 43.3 Å². The Balaban J connectivity index is 0.00000288. The third kappa shape index (κ3) is 6.73. The Morgan fingerprint density at radius 1 is 1.17 bits per heavy atom. The molecular formula is C16H24IN5O2. The molecule has 0 aliphatic rings. The molecule has 0 bridgehead atoms. The van der Waals surface area contributed by atoms with Gasteiger partial charge >= 0.3 is 0 Å². The second-order valence-electron chi connectivity index (χ2n) is 5.01. The van der Waals surface area contributed by atoms with E-state index in [2.05, 4.69) is 37.9 Å². The molecule has 1 aromatic carbocycles. The van der Waals surface area contributed by atoms with E-state index in [0.717, 1.165) is 24.7 Å². The number of aryl methyl sites for hydroxylation is 1. The third-order valence-corrected chi connectivity index (χ3v) is 3.29. The largest absolute Gasteiger partial charge is 0.497 e. The SMILES string of the molecule is CN=C(NCCc1ccc(OC)cc1)NCCc1nc(C)no1.I. The average molecular weight is 445 g/mol. The van der Waals surface area contributed by atoms with Crippen LogP contribution in [0, 0.1) is 6.92 Å². The van der Waals surface area contributed by atoms with Crippen molar-refractivity contribution in [2.75, 3.05) is 27.2 Å². The van der Waals surface area contributed by atoms with E-state index < -0.39 is 0 Å². The normalized spacial score (nSPS) is 10.9. The summed E-state index contributed by atoms with van der Waals surface area (Å²) in [4.78, 5) is 8.35. The number of ether oxygens (including phenoxy) is 1. The molecule has 1 heterocycles. The molecule has 24 heavy (non-hydrogen) atoms. The Morgan fingerprint density at radius 3 is 2.38 bits per heavy atom. The maximum absolute atomic E-state index is 5.15. The predicted molar refractivity (Wildman–Crippen MR) is 104 cm³/mol. The molecule has 1 aromatic heterocycles. The van der Waals surface area contributed by atoms with Crippen molar-refractivity contribution in [3.63, 3.8) is 0 Å². The van der Waals surface area contributed by atoms with Gasteiger partial charge < -0.3 is 19.9 Å². The van der Waals surface area contributed by atoms with Gasteiger partial charge in [0, 0.05) is 26.6 Å². The van der Waals surface area contributed by atoms with Crippen molar-refractivity contribution in [2.24, 2.45) is 4.99 Å². The summed E-state index contributed by atoms with van der Waals surface area (Å²) < 4.78 is 10.2. The fraction of sp³-hybridized carbons (Fsp3) is 0.438. The van der Waals surface area contributed by atoms with Gasteiger partial charge in [0.05, 0.1) is 7.11 Å². The molecular weight excluding hydrogens is 421 g/mol. The summed E-state index contributed by atoms with van der Waals surface area (Å²) in [5, 5.41) is 10.3. The van der Waals surface area contributed by atoms with Crippen molar-refractivity contribution in [1.29, 1.82) is 0 Å². The molecule has 0 unspecified atom stereocenters. The van der Waals surface area contributed by atoms with Crippen molar-refractivity contribution >= 4 is 29.9 Å². The van der Waals surface area contributed by atoms with Crippen LogP contribution in [0.1, 0.15) is 17.3 Å². The van der Waals surface area contributed by atoms with Crippen LogP contribution in [0.3, 0.4) is 0 Å². The number of benzene rings is 1. The smallest absolute Gasteiger partial charge is 0.228 e. The van der Waals surface area contributed by atoms with E-state index in [9.17, 15) is 0 Å². The molecule has 2 aromatic rings. The lowest BCUT2D eigenvalue weighted by atomic mass is 10.1. The summed E-state index contributed by atoms with van der Waals surface area (Å²) in [6, 6.07) is 8.06. The second-order valence-corrected chi connectivity index (χ2v) is 5.01. The molecule has 0 fully saturated rings. The monoisotopic (exact) mass is 445 g/mol. The second kappa shape index (κ2) is 10.8. The third-order valence-electron chi connectivity index (χ3n) is 3.29. The van der Waals surface area contributed by atoms with Crippen LogP contribution in [0.5, 0.6) is 5.75 Å². The Kier molecular flexibility index (Phi) is 9.13. The fourth-order valence-corrected chi connectivity index (χ4v) is 2.07. The van der Waals surface area contributed by atoms with Crippen LogP contribution in [0.2, 0.25) is 0 Å². The van der Waals surface area contributed by atoms with E-state index in [1.807, 2.05) is 12.1 Å². The summed E-state index contributed by atoms with van der Waals surface area (Å²) in [7, 11) is 3.42. The molecule has 7 nitrogen and oxygen atoms in total. The first-order valence-electron chi connectivity index (χ1n) is 7.58. The van der Waals surface area contributed by atoms with Gasteiger partial charge in [0.15, 0.2) is 11.8 Å². The summed E-state index contributed by atoms with van der Waals surface area (Å²) >= 11 is 0. The zero-order chi connectivity index (χ0) is 16.5. The molecule has 0 saturated heterocycles. The highest BCUT2D eigenvalue weighted by Gasteiger charge is 2.03. The molecule has 0 atom stereocenters. The predicted octanol–water partition coefficient (Wildman–Crippen LogP) is 1.95. The van der Waals surface area contributed by atoms with Crippen molar-refractivity contribution in [1.82, 2.24) is 20.8 Å². The molecule has 132 valence electrons. The van der Waals surface area contributed by atoms with Crippen LogP contribution in [-0.2, 0) is 12.8 Å². The lowest BCUT2D eigenvalue weighted by Crippen LogP contribution is -2.39. The average Bonchev–Trinajstić information content (AvgIpc) is 2.99. The number of guanidine groups is 1. The van der Waals surface area contributed by atoms with E-state index in [0.29, 0.717) is 24.7 Å². The Morgan fingerprint density at radius 2 is 1.83 bits per heavy atom. The minimum Gasteiger partial charge on any atom is -0.497 e. The quantitative estimate of drug-likeness (QED) is 0.385. The number of nitrogens with one attached hydrogen (secondary N) is 2. The minimum atomic E-state index is 0. The van der Waals surface area contributed by atoms with Gasteiger partial charge in [-0.2, -0.15) is 4.98 Å². The van der Waals surface area contributed by atoms with E-state index in [1.54, 1.807) is 21.1 Å². The highest BCUT2D eigenvalue weighted by atomic mass is 127. The molecule has 0 amide bonds. The maximum atomic E-state index is 5.15. The number of rotatable bonds is 7. The van der Waals surface area contributed by atoms with Gasteiger partial charge in [-0.05, 0) is 31.0 Å². The molecule has 2 N–H and O–H groups in total. The zero-order valence-corrected chi connectivity index (χ0v) is 16.5. The standard InChI is InChI=1S/C16H23N5O2.HI/c1-12-20-15(23-21-12)9-11-19-16(17-2)18-10-8-13-4-6-14(22-3)7-5-13;/h4-7H,8-11H2,1-3H3,(H2,17,18,19);1H. The van der Waals surface area contributed by atoms with E-state index in [1.165, 1.54) is 5.56 Å². The topological polar surface area (TPSA) is 84.6 Å². The minimum absolute atomic E-state index is 0. The van der Waals surface area contributed by atoms with Crippen molar-refractivity contribution < 1.29 is 9.26 Å². The molecule has 0 spiro atoms. The first kappa shape index (κ1) is 20.2. The van der Waals surface area contributed by atoms with Crippen LogP contribution in [0.4, 0.5) is 0 Å². The number of nitrogens with zero attached hydrogens (tertiary/aromatic N) is 3. The number of hydrogen-bond acceptors (Lipinski definition) is 5. The lowest BCUT2D eigenvalue weighted by molar-refractivity contribution is 0.374. The first-order valence-corrected chi connectivity index (χ1v) is 7.58. The van der Waals surface area contributed by atoms with Gasteiger partial charge in [-0.25, -0.2) is 0 Å². The Hall–Kier alpha value is -1.84. The van der Waals surface area contributed by atoms with Gasteiger partial charge in [-0.15, -0.1) is 24.0 Å². The van der Waals surface area contributed by atoms with Gasteiger partial charge in [0.25, 0.3) is 0 Å². The highest BCUT2D eigenvalue weighted by molar-refractivity contribution is 14.0. The van der Waals surface area contributed by atoms with Crippen LogP contribution < -0.4 is 15.4 Å². The molecule has 8 heteroatoms. The highest BCUT2D eigenvalue weighted by Crippen LogP contribution is 2.11. The number of aliphatic imine (C=N–C) groups is 1. The number of hydrogen-bond donors (Lipinski definition) is 2. The van der Waals surface area contributed by atoms with Crippen LogP contribution in [0.25, 0.3) is 0 Å². The van der Waals surface area contributed by atoms with E-state index in [-0.39, 0.29) is 24.0 Å². The van der Waals surface area contributed by atoms with Crippen LogP contribution >= 0.6 is 24.0 Å². The van der Waals surface area contributed by atoms with Gasteiger partial charge in [-0.1, -0.05) is 17.3 Å². The Labute approximate surface area is 159 Å². The van der Waals surface area contributed by atoms with Gasteiger partial charge in [0.1, 0.15) is 5.75 Å². The number of halogens is 1. The summed E-state index contributed by atoms with van der Waals surface area (Å²) in [5.41, 5.74) is 1.25. The lowest BCUT2D eigenvalue weighted by Gasteiger charge is -2.11. The molecule has 2 rings (SSSR count). The summed E-state index contributed by atoms with van der Waals surface area (Å²) in [5.74, 6) is 2.91. The molecule has 0 saturated carbocycles. The number of methoxy groups -OCH3 is 1. The number of aromatic nitrogens is 2. The van der Waals surface area contributed by atoms with E-state index >= 15 is 0 Å². The van der Waals surface area contributed by atoms with E-state index in [4.69, 9.17) is 9.26 Å². The van der Waals surface area contributed by atoms with Crippen molar-refractivity contribution in [2.45, 2.75) is 19.8 Å². The zero-order valence-electron chi connectivity index (χ0n) is 14.2. The van der Waals surface area contributed by atoms with Gasteiger partial charge in [0.2, 0.25) is 5.89 Å². The fourth-order valence-electron chi connectivity index (χ4n) is 2.07. The van der Waals surface area contributed by atoms with Crippen molar-refractivity contribution in [3.05, 3.63) is 41.5 Å². The van der Waals surface area contributed by atoms with Gasteiger partial charge in [-0.3, -0.25) is 4.99 Å².